The second-order valence-electron chi connectivity index (χ2n) is 4.19. The van der Waals surface area contributed by atoms with Crippen molar-refractivity contribution in [2.75, 3.05) is 13.1 Å². The van der Waals surface area contributed by atoms with Crippen molar-refractivity contribution in [1.29, 1.82) is 0 Å². The highest BCUT2D eigenvalue weighted by molar-refractivity contribution is 5.97. The summed E-state index contributed by atoms with van der Waals surface area (Å²) in [4.78, 5) is 14.1. The van der Waals surface area contributed by atoms with E-state index in [1.807, 2.05) is 39.0 Å². The van der Waals surface area contributed by atoms with Crippen LogP contribution in [0.4, 0.5) is 0 Å². The molecular weight excluding hydrogens is 214 g/mol. The Morgan fingerprint density at radius 2 is 1.94 bits per heavy atom. The quantitative estimate of drug-likeness (QED) is 0.871. The molecule has 0 aromatic heterocycles. The molecule has 0 radical (unpaired) electrons. The molecule has 1 rings (SSSR count). The van der Waals surface area contributed by atoms with Gasteiger partial charge in [-0.25, -0.2) is 0 Å². The Labute approximate surface area is 103 Å². The summed E-state index contributed by atoms with van der Waals surface area (Å²) in [7, 11) is 0. The standard InChI is InChI=1S/C14H21NO2/c1-5-15(6-2)14(17)13-10(3)8-7-9-12(13)11(4)16/h7-9,11,16H,5-6H2,1-4H3/t11-/m1/s1. The first-order valence-corrected chi connectivity index (χ1v) is 6.09. The lowest BCUT2D eigenvalue weighted by Crippen LogP contribution is -2.32. The number of benzene rings is 1. The average Bonchev–Trinajstić information content (AvgIpc) is 2.29. The maximum atomic E-state index is 12.4. The van der Waals surface area contributed by atoms with Gasteiger partial charge in [0.25, 0.3) is 5.91 Å². The molecular formula is C14H21NO2. The molecule has 17 heavy (non-hydrogen) atoms. The smallest absolute Gasteiger partial charge is 0.254 e. The fraction of sp³-hybridized carbons (Fsp3) is 0.500. The van der Waals surface area contributed by atoms with Gasteiger partial charge in [-0.05, 0) is 38.8 Å². The summed E-state index contributed by atoms with van der Waals surface area (Å²) >= 11 is 0. The monoisotopic (exact) mass is 235 g/mol. The predicted octanol–water partition coefficient (Wildman–Crippen LogP) is 2.53. The van der Waals surface area contributed by atoms with Gasteiger partial charge in [0.05, 0.1) is 6.10 Å². The highest BCUT2D eigenvalue weighted by Gasteiger charge is 2.20. The summed E-state index contributed by atoms with van der Waals surface area (Å²) in [5.74, 6) is 0.00370. The Morgan fingerprint density at radius 1 is 1.35 bits per heavy atom. The van der Waals surface area contributed by atoms with Crippen LogP contribution in [-0.2, 0) is 0 Å². The van der Waals surface area contributed by atoms with Gasteiger partial charge in [-0.15, -0.1) is 0 Å². The molecule has 3 nitrogen and oxygen atoms in total. The lowest BCUT2D eigenvalue weighted by atomic mass is 9.97. The van der Waals surface area contributed by atoms with E-state index in [0.29, 0.717) is 24.2 Å². The van der Waals surface area contributed by atoms with Crippen LogP contribution < -0.4 is 0 Å². The summed E-state index contributed by atoms with van der Waals surface area (Å²) in [6.45, 7) is 8.88. The van der Waals surface area contributed by atoms with E-state index in [2.05, 4.69) is 0 Å². The fourth-order valence-electron chi connectivity index (χ4n) is 2.00. The van der Waals surface area contributed by atoms with Crippen LogP contribution in [0.3, 0.4) is 0 Å². The highest BCUT2D eigenvalue weighted by atomic mass is 16.3. The Kier molecular flexibility index (Phi) is 4.70. The number of carbonyl (C=O) groups is 1. The number of aliphatic hydroxyl groups is 1. The van der Waals surface area contributed by atoms with E-state index in [-0.39, 0.29) is 5.91 Å². The first kappa shape index (κ1) is 13.7. The third-order valence-corrected chi connectivity index (χ3v) is 3.02. The lowest BCUT2D eigenvalue weighted by Gasteiger charge is -2.22. The number of nitrogens with zero attached hydrogens (tertiary/aromatic N) is 1. The van der Waals surface area contributed by atoms with Gasteiger partial charge in [-0.3, -0.25) is 4.79 Å². The van der Waals surface area contributed by atoms with Gasteiger partial charge in [-0.1, -0.05) is 18.2 Å². The first-order chi connectivity index (χ1) is 8.02. The van der Waals surface area contributed by atoms with Crippen LogP contribution in [0.2, 0.25) is 0 Å². The molecule has 0 aliphatic rings. The summed E-state index contributed by atoms with van der Waals surface area (Å²) in [5, 5.41) is 9.73. The minimum absolute atomic E-state index is 0.00370. The summed E-state index contributed by atoms with van der Waals surface area (Å²) in [6.07, 6.45) is -0.621. The molecule has 0 heterocycles. The van der Waals surface area contributed by atoms with Crippen molar-refractivity contribution in [2.24, 2.45) is 0 Å². The molecule has 0 bridgehead atoms. The second kappa shape index (κ2) is 5.82. The molecule has 1 aromatic carbocycles. The van der Waals surface area contributed by atoms with Crippen molar-refractivity contribution in [3.63, 3.8) is 0 Å². The van der Waals surface area contributed by atoms with Crippen molar-refractivity contribution in [3.05, 3.63) is 34.9 Å². The van der Waals surface area contributed by atoms with Crippen LogP contribution in [0.5, 0.6) is 0 Å². The Morgan fingerprint density at radius 3 is 2.41 bits per heavy atom. The van der Waals surface area contributed by atoms with E-state index in [1.54, 1.807) is 11.8 Å². The SMILES string of the molecule is CCN(CC)C(=O)c1c(C)cccc1[C@@H](C)O. The molecule has 0 spiro atoms. The highest BCUT2D eigenvalue weighted by Crippen LogP contribution is 2.22. The van der Waals surface area contributed by atoms with E-state index in [0.717, 1.165) is 5.56 Å². The maximum absolute atomic E-state index is 12.4. The number of aliphatic hydroxyl groups excluding tert-OH is 1. The van der Waals surface area contributed by atoms with Gasteiger partial charge >= 0.3 is 0 Å². The summed E-state index contributed by atoms with van der Waals surface area (Å²) < 4.78 is 0. The number of hydrogen-bond acceptors (Lipinski definition) is 2. The number of rotatable bonds is 4. The van der Waals surface area contributed by atoms with Gasteiger partial charge in [0.1, 0.15) is 0 Å². The Balaban J connectivity index is 3.24. The van der Waals surface area contributed by atoms with Gasteiger partial charge in [0.2, 0.25) is 0 Å². The zero-order valence-electron chi connectivity index (χ0n) is 11.0. The third-order valence-electron chi connectivity index (χ3n) is 3.02. The second-order valence-corrected chi connectivity index (χ2v) is 4.19. The Hall–Kier alpha value is -1.35. The van der Waals surface area contributed by atoms with Crippen molar-refractivity contribution < 1.29 is 9.90 Å². The lowest BCUT2D eigenvalue weighted by molar-refractivity contribution is 0.0765. The average molecular weight is 235 g/mol. The normalized spacial score (nSPS) is 12.3. The van der Waals surface area contributed by atoms with E-state index in [4.69, 9.17) is 0 Å². The van der Waals surface area contributed by atoms with Crippen molar-refractivity contribution in [1.82, 2.24) is 4.90 Å². The molecule has 3 heteroatoms. The largest absolute Gasteiger partial charge is 0.389 e. The van der Waals surface area contributed by atoms with Crippen molar-refractivity contribution in [3.8, 4) is 0 Å². The third kappa shape index (κ3) is 2.86. The predicted molar refractivity (Wildman–Crippen MR) is 69.1 cm³/mol. The molecule has 0 saturated carbocycles. The summed E-state index contributed by atoms with van der Waals surface area (Å²) in [5.41, 5.74) is 2.27. The molecule has 1 amide bonds. The molecule has 0 aliphatic carbocycles. The van der Waals surface area contributed by atoms with Gasteiger partial charge in [0, 0.05) is 18.7 Å². The zero-order valence-corrected chi connectivity index (χ0v) is 11.0. The Bertz CT molecular complexity index is 395. The van der Waals surface area contributed by atoms with Crippen LogP contribution in [0.1, 0.15) is 48.4 Å². The summed E-state index contributed by atoms with van der Waals surface area (Å²) in [6, 6.07) is 5.59. The molecule has 0 unspecified atom stereocenters. The molecule has 94 valence electrons. The van der Waals surface area contributed by atoms with Crippen LogP contribution >= 0.6 is 0 Å². The molecule has 0 aliphatic heterocycles. The molecule has 1 N–H and O–H groups in total. The van der Waals surface area contributed by atoms with E-state index < -0.39 is 6.10 Å². The van der Waals surface area contributed by atoms with Crippen molar-refractivity contribution in [2.45, 2.75) is 33.8 Å². The molecule has 0 fully saturated rings. The minimum atomic E-state index is -0.621. The number of aryl methyl sites for hydroxylation is 1. The minimum Gasteiger partial charge on any atom is -0.389 e. The zero-order chi connectivity index (χ0) is 13.0. The number of hydrogen-bond donors (Lipinski definition) is 1. The number of carbonyl (C=O) groups excluding carboxylic acids is 1. The fourth-order valence-corrected chi connectivity index (χ4v) is 2.00. The number of amides is 1. The van der Waals surface area contributed by atoms with Crippen molar-refractivity contribution >= 4 is 5.91 Å². The molecule has 0 saturated heterocycles. The van der Waals surface area contributed by atoms with Gasteiger partial charge in [-0.2, -0.15) is 0 Å². The molecule has 1 atom stereocenters. The first-order valence-electron chi connectivity index (χ1n) is 6.09. The van der Waals surface area contributed by atoms with Gasteiger partial charge in [0.15, 0.2) is 0 Å². The van der Waals surface area contributed by atoms with Crippen LogP contribution in [0, 0.1) is 6.92 Å². The van der Waals surface area contributed by atoms with Crippen LogP contribution in [-0.4, -0.2) is 29.0 Å². The van der Waals surface area contributed by atoms with Gasteiger partial charge < -0.3 is 10.0 Å². The molecule has 1 aromatic rings. The van der Waals surface area contributed by atoms with Crippen LogP contribution in [0.15, 0.2) is 18.2 Å². The van der Waals surface area contributed by atoms with E-state index in [9.17, 15) is 9.90 Å². The van der Waals surface area contributed by atoms with E-state index in [1.165, 1.54) is 0 Å². The maximum Gasteiger partial charge on any atom is 0.254 e. The topological polar surface area (TPSA) is 40.5 Å². The van der Waals surface area contributed by atoms with E-state index >= 15 is 0 Å². The van der Waals surface area contributed by atoms with Crippen LogP contribution in [0.25, 0.3) is 0 Å².